The van der Waals surface area contributed by atoms with E-state index in [0.717, 1.165) is 36.1 Å². The van der Waals surface area contributed by atoms with Crippen LogP contribution in [0.1, 0.15) is 31.2 Å². The van der Waals surface area contributed by atoms with Crippen molar-refractivity contribution in [2.45, 2.75) is 43.2 Å². The molecule has 1 aromatic rings. The van der Waals surface area contributed by atoms with Gasteiger partial charge in [-0.2, -0.15) is 9.69 Å². The minimum absolute atomic E-state index is 0.00734. The molecule has 1 saturated heterocycles. The quantitative estimate of drug-likeness (QED) is 0.768. The molecule has 1 unspecified atom stereocenters. The normalized spacial score (nSPS) is 25.0. The van der Waals surface area contributed by atoms with Gasteiger partial charge < -0.3 is 5.32 Å². The molecule has 4 rings (SSSR count). The summed E-state index contributed by atoms with van der Waals surface area (Å²) in [4.78, 5) is 40.5. The summed E-state index contributed by atoms with van der Waals surface area (Å²) in [5, 5.41) is 3.16. The summed E-state index contributed by atoms with van der Waals surface area (Å²) in [7, 11) is 3.15. The van der Waals surface area contributed by atoms with E-state index in [4.69, 9.17) is 0 Å². The van der Waals surface area contributed by atoms with E-state index in [1.165, 1.54) is 23.8 Å². The number of hydrogen-bond acceptors (Lipinski definition) is 4. The van der Waals surface area contributed by atoms with Crippen LogP contribution in [0.5, 0.6) is 0 Å². The van der Waals surface area contributed by atoms with Gasteiger partial charge in [-0.25, -0.2) is 13.8 Å². The summed E-state index contributed by atoms with van der Waals surface area (Å²) in [6.45, 7) is 1.33. The molecule has 0 bridgehead atoms. The van der Waals surface area contributed by atoms with Crippen LogP contribution in [0.3, 0.4) is 0 Å². The van der Waals surface area contributed by atoms with Gasteiger partial charge in [0.25, 0.3) is 0 Å². The number of rotatable bonds is 4. The van der Waals surface area contributed by atoms with Crippen molar-refractivity contribution in [1.82, 2.24) is 15.1 Å². The van der Waals surface area contributed by atoms with Crippen molar-refractivity contribution in [1.29, 1.82) is 0 Å². The molecule has 1 atom stereocenters. The predicted molar refractivity (Wildman–Crippen MR) is 104 cm³/mol. The number of hydrogen-bond donors (Lipinski definition) is 1. The Balaban J connectivity index is 1.36. The second kappa shape index (κ2) is 7.33. The lowest BCUT2D eigenvalue weighted by Gasteiger charge is -2.36. The van der Waals surface area contributed by atoms with E-state index in [1.54, 1.807) is 25.4 Å². The van der Waals surface area contributed by atoms with Crippen molar-refractivity contribution >= 4 is 24.1 Å². The lowest BCUT2D eigenvalue weighted by Crippen LogP contribution is -2.59. The van der Waals surface area contributed by atoms with Crippen LogP contribution in [0.2, 0.25) is 0 Å². The number of likely N-dealkylation sites (N-methyl/N-ethyl adjacent to an activating group) is 1. The summed E-state index contributed by atoms with van der Waals surface area (Å²) in [6, 6.07) is 5.46. The van der Waals surface area contributed by atoms with Gasteiger partial charge in [0.15, 0.2) is 6.04 Å². The third-order valence-electron chi connectivity index (χ3n) is 6.38. The molecule has 29 heavy (non-hydrogen) atoms. The highest BCUT2D eigenvalue weighted by molar-refractivity contribution is 6.06. The first-order valence-electron chi connectivity index (χ1n) is 10.0. The first-order chi connectivity index (χ1) is 13.8. The summed E-state index contributed by atoms with van der Waals surface area (Å²) < 4.78 is 14.6. The Hall–Kier alpha value is -2.61. The Labute approximate surface area is 169 Å². The number of carbonyl (C=O) groups excluding carboxylic acids is 3. The molecule has 1 aromatic carbocycles. The van der Waals surface area contributed by atoms with Gasteiger partial charge in [0.05, 0.1) is 19.5 Å². The largest absolute Gasteiger partial charge is 0.500 e. The molecule has 1 saturated carbocycles. The zero-order valence-corrected chi connectivity index (χ0v) is 16.7. The number of carbonyl (C=O) groups is 3. The van der Waals surface area contributed by atoms with Gasteiger partial charge in [-0.05, 0) is 43.4 Å². The summed E-state index contributed by atoms with van der Waals surface area (Å²) >= 11 is 0. The second-order valence-electron chi connectivity index (χ2n) is 8.26. The van der Waals surface area contributed by atoms with Crippen molar-refractivity contribution in [3.63, 3.8) is 0 Å². The number of nitrogens with zero attached hydrogens (tertiary/aromatic N) is 3. The first kappa shape index (κ1) is 19.7. The molecule has 0 spiro atoms. The molecular weight excluding hydrogens is 375 g/mol. The van der Waals surface area contributed by atoms with E-state index >= 15 is 0 Å². The molecule has 154 valence electrons. The van der Waals surface area contributed by atoms with Crippen molar-refractivity contribution in [2.24, 2.45) is 0 Å². The second-order valence-corrected chi connectivity index (χ2v) is 8.26. The molecule has 1 N–H and O–H groups in total. The fourth-order valence-corrected chi connectivity index (χ4v) is 4.31. The number of amides is 4. The first-order valence-corrected chi connectivity index (χ1v) is 10.0. The number of likely N-dealkylation sites (tertiary alicyclic amines) is 1. The minimum atomic E-state index is -0.524. The summed E-state index contributed by atoms with van der Waals surface area (Å²) in [5.41, 5.74) is 0.343. The fraction of sp³-hybridized carbons (Fsp3) is 0.524. The molecular formula is C21H26FN4O3+. The number of urea groups is 1. The van der Waals surface area contributed by atoms with Crippen LogP contribution in [-0.2, 0) is 15.0 Å². The van der Waals surface area contributed by atoms with Gasteiger partial charge in [-0.15, -0.1) is 0 Å². The van der Waals surface area contributed by atoms with E-state index in [0.29, 0.717) is 13.1 Å². The van der Waals surface area contributed by atoms with Crippen molar-refractivity contribution in [2.75, 3.05) is 27.2 Å². The topological polar surface area (TPSA) is 72.7 Å². The van der Waals surface area contributed by atoms with Crippen LogP contribution in [-0.4, -0.2) is 77.7 Å². The van der Waals surface area contributed by atoms with Crippen LogP contribution in [0, 0.1) is 5.82 Å². The van der Waals surface area contributed by atoms with E-state index in [9.17, 15) is 18.8 Å². The lowest BCUT2D eigenvalue weighted by atomic mass is 9.93. The number of imide groups is 1. The minimum Gasteiger partial charge on any atom is -0.353 e. The van der Waals surface area contributed by atoms with Gasteiger partial charge >= 0.3 is 11.9 Å². The molecule has 3 aliphatic rings. The number of benzene rings is 1. The maximum atomic E-state index is 13.2. The molecule has 2 heterocycles. The van der Waals surface area contributed by atoms with Crippen LogP contribution in [0.4, 0.5) is 9.18 Å². The number of piperidine rings is 1. The third-order valence-corrected chi connectivity index (χ3v) is 6.38. The van der Waals surface area contributed by atoms with E-state index < -0.39 is 11.5 Å². The molecule has 4 amide bonds. The Bertz CT molecular complexity index is 870. The molecule has 7 nitrogen and oxygen atoms in total. The van der Waals surface area contributed by atoms with Crippen molar-refractivity contribution in [3.05, 3.63) is 35.6 Å². The fourth-order valence-electron chi connectivity index (χ4n) is 4.31. The van der Waals surface area contributed by atoms with Crippen molar-refractivity contribution in [3.8, 4) is 0 Å². The molecule has 0 aromatic heterocycles. The zero-order valence-electron chi connectivity index (χ0n) is 16.7. The lowest BCUT2D eigenvalue weighted by molar-refractivity contribution is -0.401. The summed E-state index contributed by atoms with van der Waals surface area (Å²) in [5.74, 6) is -0.513. The Morgan fingerprint density at radius 1 is 1.17 bits per heavy atom. The van der Waals surface area contributed by atoms with Gasteiger partial charge in [-0.3, -0.25) is 9.69 Å². The Kier molecular flexibility index (Phi) is 4.98. The third kappa shape index (κ3) is 3.57. The smallest absolute Gasteiger partial charge is 0.353 e. The van der Waals surface area contributed by atoms with Gasteiger partial charge in [-0.1, -0.05) is 12.1 Å². The van der Waals surface area contributed by atoms with Gasteiger partial charge in [0.2, 0.25) is 5.91 Å². The van der Waals surface area contributed by atoms with Gasteiger partial charge in [0, 0.05) is 19.1 Å². The van der Waals surface area contributed by atoms with E-state index in [1.807, 2.05) is 0 Å². The molecule has 0 radical (unpaired) electrons. The highest BCUT2D eigenvalue weighted by atomic mass is 19.1. The molecule has 8 heteroatoms. The maximum absolute atomic E-state index is 13.2. The zero-order chi connectivity index (χ0) is 20.8. The highest BCUT2D eigenvalue weighted by Crippen LogP contribution is 2.48. The Morgan fingerprint density at radius 2 is 1.79 bits per heavy atom. The van der Waals surface area contributed by atoms with E-state index in [2.05, 4.69) is 10.2 Å². The van der Waals surface area contributed by atoms with Crippen LogP contribution >= 0.6 is 0 Å². The molecule has 2 fully saturated rings. The molecule has 1 aliphatic carbocycles. The van der Waals surface area contributed by atoms with Crippen LogP contribution in [0.25, 0.3) is 0 Å². The van der Waals surface area contributed by atoms with Crippen LogP contribution < -0.4 is 5.32 Å². The van der Waals surface area contributed by atoms with Crippen molar-refractivity contribution < 1.29 is 23.3 Å². The van der Waals surface area contributed by atoms with Gasteiger partial charge in [0.1, 0.15) is 12.0 Å². The monoisotopic (exact) mass is 401 g/mol. The maximum Gasteiger partial charge on any atom is 0.500 e. The number of nitrogens with one attached hydrogen (secondary N) is 1. The highest BCUT2D eigenvalue weighted by Gasteiger charge is 2.52. The number of halogens is 1. The SMILES string of the molecule is CN1C(=O)C(N2CCC(NC(=O)C3(c4ccc(F)cc4)CC3)CC2)C=[N+](C)C1=O. The Morgan fingerprint density at radius 3 is 2.38 bits per heavy atom. The predicted octanol–water partition coefficient (Wildman–Crippen LogP) is 1.11. The standard InChI is InChI=1S/C21H25FN4O3/c1-24-13-17(18(27)25(2)20(24)29)26-11-7-16(8-12-26)23-19(28)21(9-10-21)14-3-5-15(22)6-4-14/h3-6,13,16-17H,7-12H2,1-2H3/p+1. The van der Waals surface area contributed by atoms with E-state index in [-0.39, 0.29) is 29.7 Å². The summed E-state index contributed by atoms with van der Waals surface area (Å²) in [6.07, 6.45) is 4.70. The van der Waals surface area contributed by atoms with Crippen LogP contribution in [0.15, 0.2) is 24.3 Å². The average Bonchev–Trinajstić information content (AvgIpc) is 3.52. The molecule has 2 aliphatic heterocycles. The average molecular weight is 401 g/mol.